The van der Waals surface area contributed by atoms with Crippen LogP contribution in [0.3, 0.4) is 0 Å². The Hall–Kier alpha value is -1.26. The third-order valence-electron chi connectivity index (χ3n) is 3.47. The van der Waals surface area contributed by atoms with Crippen molar-refractivity contribution in [3.8, 4) is 0 Å². The van der Waals surface area contributed by atoms with Gasteiger partial charge in [0.2, 0.25) is 0 Å². The average molecular weight is 337 g/mol. The van der Waals surface area contributed by atoms with Gasteiger partial charge in [-0.1, -0.05) is 35.8 Å². The van der Waals surface area contributed by atoms with E-state index in [4.69, 9.17) is 0 Å². The van der Waals surface area contributed by atoms with Crippen LogP contribution >= 0.6 is 15.9 Å². The van der Waals surface area contributed by atoms with Crippen LogP contribution in [0.2, 0.25) is 0 Å². The molecule has 0 aliphatic carbocycles. The number of rotatable bonds is 5. The van der Waals surface area contributed by atoms with E-state index in [2.05, 4.69) is 33.2 Å². The van der Waals surface area contributed by atoms with Gasteiger partial charge in [-0.05, 0) is 36.4 Å². The summed E-state index contributed by atoms with van der Waals surface area (Å²) in [4.78, 5) is 4.04. The number of nitrogens with one attached hydrogen (secondary N) is 1. The second-order valence-electron chi connectivity index (χ2n) is 4.74. The lowest BCUT2D eigenvalue weighted by Crippen LogP contribution is -2.27. The van der Waals surface area contributed by atoms with E-state index in [0.29, 0.717) is 5.56 Å². The minimum Gasteiger partial charge on any atom is -0.310 e. The highest BCUT2D eigenvalue weighted by Gasteiger charge is 2.24. The predicted molar refractivity (Wildman–Crippen MR) is 83.2 cm³/mol. The van der Waals surface area contributed by atoms with Crippen molar-refractivity contribution in [2.24, 2.45) is 0 Å². The predicted octanol–water partition coefficient (Wildman–Crippen LogP) is 4.44. The lowest BCUT2D eigenvalue weighted by molar-refractivity contribution is 0.454. The summed E-state index contributed by atoms with van der Waals surface area (Å²) in [6.45, 7) is 4.91. The molecule has 2 rings (SSSR count). The van der Waals surface area contributed by atoms with Crippen LogP contribution in [0.15, 0.2) is 47.2 Å². The van der Waals surface area contributed by atoms with E-state index in [9.17, 15) is 4.39 Å². The van der Waals surface area contributed by atoms with E-state index in [1.807, 2.05) is 25.1 Å². The van der Waals surface area contributed by atoms with Crippen LogP contribution in [0.25, 0.3) is 0 Å². The Kier molecular flexibility index (Phi) is 5.26. The molecule has 1 aromatic carbocycles. The molecule has 2 atom stereocenters. The normalized spacial score (nSPS) is 14.0. The van der Waals surface area contributed by atoms with Crippen molar-refractivity contribution in [1.29, 1.82) is 0 Å². The Balaban J connectivity index is 2.41. The Morgan fingerprint density at radius 3 is 2.55 bits per heavy atom. The van der Waals surface area contributed by atoms with Crippen molar-refractivity contribution >= 4 is 15.9 Å². The summed E-state index contributed by atoms with van der Waals surface area (Å²) >= 11 is 3.47. The van der Waals surface area contributed by atoms with Gasteiger partial charge in [0.25, 0.3) is 0 Å². The van der Waals surface area contributed by atoms with Gasteiger partial charge in [0.15, 0.2) is 0 Å². The molecule has 0 fully saturated rings. The van der Waals surface area contributed by atoms with Gasteiger partial charge in [-0.2, -0.15) is 0 Å². The Labute approximate surface area is 127 Å². The Morgan fingerprint density at radius 2 is 1.95 bits per heavy atom. The van der Waals surface area contributed by atoms with Crippen LogP contribution < -0.4 is 5.32 Å². The molecule has 4 heteroatoms. The van der Waals surface area contributed by atoms with Gasteiger partial charge in [0.05, 0.1) is 0 Å². The standard InChI is InChI=1S/C16H18BrFN2/c1-3-20-16(11(2)12-7-9-19-10-8-12)15-13(17)5-4-6-14(15)18/h4-11,16,20H,3H2,1-2H3. The number of likely N-dealkylation sites (N-methyl/N-ethyl adjacent to an activating group) is 1. The number of hydrogen-bond acceptors (Lipinski definition) is 2. The van der Waals surface area contributed by atoms with Gasteiger partial charge in [0, 0.05) is 34.4 Å². The van der Waals surface area contributed by atoms with Crippen molar-refractivity contribution in [3.63, 3.8) is 0 Å². The molecule has 0 saturated heterocycles. The summed E-state index contributed by atoms with van der Waals surface area (Å²) in [6.07, 6.45) is 3.54. The van der Waals surface area contributed by atoms with Gasteiger partial charge < -0.3 is 5.32 Å². The fourth-order valence-corrected chi connectivity index (χ4v) is 3.00. The molecule has 1 heterocycles. The van der Waals surface area contributed by atoms with E-state index in [-0.39, 0.29) is 17.8 Å². The molecule has 0 bridgehead atoms. The second kappa shape index (κ2) is 6.95. The zero-order valence-corrected chi connectivity index (χ0v) is 13.2. The topological polar surface area (TPSA) is 24.9 Å². The van der Waals surface area contributed by atoms with Crippen molar-refractivity contribution in [3.05, 3.63) is 64.1 Å². The fourth-order valence-electron chi connectivity index (χ4n) is 2.42. The fraction of sp³-hybridized carbons (Fsp3) is 0.312. The van der Waals surface area contributed by atoms with Crippen LogP contribution in [-0.2, 0) is 0 Å². The lowest BCUT2D eigenvalue weighted by Gasteiger charge is -2.27. The van der Waals surface area contributed by atoms with Gasteiger partial charge in [-0.3, -0.25) is 4.98 Å². The number of halogens is 2. The number of aromatic nitrogens is 1. The smallest absolute Gasteiger partial charge is 0.129 e. The molecular weight excluding hydrogens is 319 g/mol. The SMILES string of the molecule is CCNC(c1c(F)cccc1Br)C(C)c1ccncc1. The first-order valence-corrected chi connectivity index (χ1v) is 7.51. The van der Waals surface area contributed by atoms with Crippen LogP contribution in [0.5, 0.6) is 0 Å². The number of hydrogen-bond donors (Lipinski definition) is 1. The summed E-state index contributed by atoms with van der Waals surface area (Å²) in [6, 6.07) is 8.96. The molecule has 20 heavy (non-hydrogen) atoms. The first-order chi connectivity index (χ1) is 9.65. The van der Waals surface area contributed by atoms with Crippen LogP contribution in [0.4, 0.5) is 4.39 Å². The molecule has 2 unspecified atom stereocenters. The zero-order chi connectivity index (χ0) is 14.5. The molecule has 1 N–H and O–H groups in total. The first kappa shape index (κ1) is 15.1. The maximum absolute atomic E-state index is 14.2. The average Bonchev–Trinajstić information content (AvgIpc) is 2.46. The van der Waals surface area contributed by atoms with Gasteiger partial charge in [0.1, 0.15) is 5.82 Å². The van der Waals surface area contributed by atoms with Crippen molar-refractivity contribution < 1.29 is 4.39 Å². The van der Waals surface area contributed by atoms with E-state index in [1.54, 1.807) is 18.5 Å². The van der Waals surface area contributed by atoms with Crippen molar-refractivity contribution in [1.82, 2.24) is 10.3 Å². The molecule has 0 saturated carbocycles. The minimum absolute atomic E-state index is 0.0852. The summed E-state index contributed by atoms with van der Waals surface area (Å²) in [5, 5.41) is 3.39. The first-order valence-electron chi connectivity index (χ1n) is 6.72. The molecular formula is C16H18BrFN2. The number of benzene rings is 1. The third kappa shape index (κ3) is 3.25. The Bertz CT molecular complexity index is 539. The van der Waals surface area contributed by atoms with Gasteiger partial charge in [-0.15, -0.1) is 0 Å². The quantitative estimate of drug-likeness (QED) is 0.873. The summed E-state index contributed by atoms with van der Waals surface area (Å²) < 4.78 is 15.0. The monoisotopic (exact) mass is 336 g/mol. The highest BCUT2D eigenvalue weighted by molar-refractivity contribution is 9.10. The largest absolute Gasteiger partial charge is 0.310 e. The molecule has 0 radical (unpaired) electrons. The summed E-state index contributed by atoms with van der Waals surface area (Å²) in [5.41, 5.74) is 1.82. The minimum atomic E-state index is -0.189. The highest BCUT2D eigenvalue weighted by Crippen LogP contribution is 2.35. The molecule has 1 aromatic heterocycles. The molecule has 0 amide bonds. The van der Waals surface area contributed by atoms with Gasteiger partial charge >= 0.3 is 0 Å². The van der Waals surface area contributed by atoms with Gasteiger partial charge in [-0.25, -0.2) is 4.39 Å². The maximum atomic E-state index is 14.2. The third-order valence-corrected chi connectivity index (χ3v) is 4.16. The molecule has 2 aromatic rings. The molecule has 0 spiro atoms. The number of pyridine rings is 1. The lowest BCUT2D eigenvalue weighted by atomic mass is 9.88. The van der Waals surface area contributed by atoms with Crippen molar-refractivity contribution in [2.45, 2.75) is 25.8 Å². The van der Waals surface area contributed by atoms with Crippen LogP contribution in [-0.4, -0.2) is 11.5 Å². The van der Waals surface area contributed by atoms with E-state index in [0.717, 1.165) is 16.6 Å². The van der Waals surface area contributed by atoms with E-state index in [1.165, 1.54) is 6.07 Å². The van der Waals surface area contributed by atoms with Crippen LogP contribution in [0.1, 0.15) is 36.9 Å². The highest BCUT2D eigenvalue weighted by atomic mass is 79.9. The maximum Gasteiger partial charge on any atom is 0.129 e. The van der Waals surface area contributed by atoms with E-state index >= 15 is 0 Å². The van der Waals surface area contributed by atoms with Crippen LogP contribution in [0, 0.1) is 5.82 Å². The summed E-state index contributed by atoms with van der Waals surface area (Å²) in [5.74, 6) is -0.0441. The zero-order valence-electron chi connectivity index (χ0n) is 11.6. The Morgan fingerprint density at radius 1 is 1.25 bits per heavy atom. The van der Waals surface area contributed by atoms with E-state index < -0.39 is 0 Å². The summed E-state index contributed by atoms with van der Waals surface area (Å²) in [7, 11) is 0. The second-order valence-corrected chi connectivity index (χ2v) is 5.59. The number of nitrogens with zero attached hydrogens (tertiary/aromatic N) is 1. The molecule has 0 aliphatic rings. The molecule has 0 aliphatic heterocycles. The molecule has 2 nitrogen and oxygen atoms in total. The molecule has 106 valence electrons. The van der Waals surface area contributed by atoms with Crippen molar-refractivity contribution in [2.75, 3.05) is 6.54 Å².